The van der Waals surface area contributed by atoms with Gasteiger partial charge >= 0.3 is 0 Å². The lowest BCUT2D eigenvalue weighted by molar-refractivity contribution is 0.573. The van der Waals surface area contributed by atoms with Crippen molar-refractivity contribution < 1.29 is 4.39 Å². The third-order valence-corrected chi connectivity index (χ3v) is 3.44. The number of anilines is 1. The first-order valence-electron chi connectivity index (χ1n) is 6.81. The van der Waals surface area contributed by atoms with Crippen molar-refractivity contribution in [2.75, 3.05) is 19.0 Å². The van der Waals surface area contributed by atoms with E-state index in [1.165, 1.54) is 23.4 Å². The van der Waals surface area contributed by atoms with E-state index in [9.17, 15) is 4.39 Å². The molecule has 0 saturated heterocycles. The maximum atomic E-state index is 12.8. The van der Waals surface area contributed by atoms with Crippen molar-refractivity contribution in [3.05, 3.63) is 65.5 Å². The fraction of sp³-hybridized carbons (Fsp3) is 0.294. The summed E-state index contributed by atoms with van der Waals surface area (Å²) in [6.45, 7) is 2.87. The zero-order chi connectivity index (χ0) is 14.5. The molecule has 0 aliphatic rings. The average molecular weight is 272 g/mol. The normalized spacial score (nSPS) is 12.2. The molecule has 2 rings (SSSR count). The molecule has 1 atom stereocenters. The lowest BCUT2D eigenvalue weighted by Crippen LogP contribution is -2.18. The second kappa shape index (κ2) is 6.53. The van der Waals surface area contributed by atoms with Gasteiger partial charge in [-0.2, -0.15) is 0 Å². The smallest absolute Gasteiger partial charge is 0.123 e. The van der Waals surface area contributed by atoms with Crippen LogP contribution in [0.5, 0.6) is 0 Å². The first-order valence-corrected chi connectivity index (χ1v) is 6.81. The van der Waals surface area contributed by atoms with Gasteiger partial charge in [-0.25, -0.2) is 4.39 Å². The van der Waals surface area contributed by atoms with Crippen molar-refractivity contribution in [1.29, 1.82) is 0 Å². The Labute approximate surface area is 120 Å². The first kappa shape index (κ1) is 14.5. The van der Waals surface area contributed by atoms with E-state index in [0.717, 1.165) is 12.1 Å². The Kier molecular flexibility index (Phi) is 4.74. The van der Waals surface area contributed by atoms with E-state index >= 15 is 0 Å². The SMILES string of the molecule is CC(NCc1ccc(F)cc1)c1ccc(N(C)C)cc1. The Bertz CT molecular complexity index is 532. The summed E-state index contributed by atoms with van der Waals surface area (Å²) in [6, 6.07) is 15.4. The van der Waals surface area contributed by atoms with Crippen LogP contribution in [0.4, 0.5) is 10.1 Å². The summed E-state index contributed by atoms with van der Waals surface area (Å²) in [5.74, 6) is -0.193. The topological polar surface area (TPSA) is 15.3 Å². The zero-order valence-corrected chi connectivity index (χ0v) is 12.2. The van der Waals surface area contributed by atoms with Gasteiger partial charge in [0.15, 0.2) is 0 Å². The number of halogens is 1. The maximum absolute atomic E-state index is 12.8. The van der Waals surface area contributed by atoms with Crippen LogP contribution in [0.1, 0.15) is 24.1 Å². The van der Waals surface area contributed by atoms with E-state index in [4.69, 9.17) is 0 Å². The van der Waals surface area contributed by atoms with Crippen molar-refractivity contribution >= 4 is 5.69 Å². The van der Waals surface area contributed by atoms with Gasteiger partial charge in [0.25, 0.3) is 0 Å². The molecule has 3 heteroatoms. The Balaban J connectivity index is 1.94. The highest BCUT2D eigenvalue weighted by atomic mass is 19.1. The number of rotatable bonds is 5. The quantitative estimate of drug-likeness (QED) is 0.892. The van der Waals surface area contributed by atoms with Gasteiger partial charge in [0, 0.05) is 32.4 Å². The molecular weight excluding hydrogens is 251 g/mol. The molecule has 0 aliphatic carbocycles. The van der Waals surface area contributed by atoms with Crippen LogP contribution in [0.2, 0.25) is 0 Å². The highest BCUT2D eigenvalue weighted by Gasteiger charge is 2.05. The molecule has 1 unspecified atom stereocenters. The maximum Gasteiger partial charge on any atom is 0.123 e. The molecule has 2 aromatic rings. The summed E-state index contributed by atoms with van der Waals surface area (Å²) in [7, 11) is 4.07. The van der Waals surface area contributed by atoms with Crippen LogP contribution in [0.25, 0.3) is 0 Å². The molecule has 0 fully saturated rings. The van der Waals surface area contributed by atoms with Crippen LogP contribution in [0.15, 0.2) is 48.5 Å². The molecule has 2 aromatic carbocycles. The molecular formula is C17H21FN2. The standard InChI is InChI=1S/C17H21FN2/c1-13(15-6-10-17(11-7-15)20(2)3)19-12-14-4-8-16(18)9-5-14/h4-11,13,19H,12H2,1-3H3. The van der Waals surface area contributed by atoms with E-state index in [2.05, 4.69) is 41.4 Å². The molecule has 2 nitrogen and oxygen atoms in total. The van der Waals surface area contributed by atoms with E-state index < -0.39 is 0 Å². The van der Waals surface area contributed by atoms with Crippen LogP contribution in [0.3, 0.4) is 0 Å². The molecule has 0 bridgehead atoms. The first-order chi connectivity index (χ1) is 9.56. The number of hydrogen-bond donors (Lipinski definition) is 1. The summed E-state index contributed by atoms with van der Waals surface area (Å²) < 4.78 is 12.8. The third kappa shape index (κ3) is 3.81. The van der Waals surface area contributed by atoms with Gasteiger partial charge in [0.2, 0.25) is 0 Å². The molecule has 0 saturated carbocycles. The van der Waals surface area contributed by atoms with Crippen LogP contribution in [-0.2, 0) is 6.54 Å². The molecule has 20 heavy (non-hydrogen) atoms. The molecule has 1 N–H and O–H groups in total. The van der Waals surface area contributed by atoms with Crippen LogP contribution >= 0.6 is 0 Å². The van der Waals surface area contributed by atoms with E-state index in [-0.39, 0.29) is 11.9 Å². The lowest BCUT2D eigenvalue weighted by atomic mass is 10.1. The Morgan fingerprint density at radius 1 is 1.00 bits per heavy atom. The number of benzene rings is 2. The van der Waals surface area contributed by atoms with Crippen LogP contribution in [0, 0.1) is 5.82 Å². The van der Waals surface area contributed by atoms with Gasteiger partial charge in [0.1, 0.15) is 5.82 Å². The molecule has 0 aliphatic heterocycles. The molecule has 0 amide bonds. The predicted octanol–water partition coefficient (Wildman–Crippen LogP) is 3.74. The minimum atomic E-state index is -0.193. The summed E-state index contributed by atoms with van der Waals surface area (Å²) in [4.78, 5) is 2.08. The van der Waals surface area contributed by atoms with E-state index in [0.29, 0.717) is 0 Å². The fourth-order valence-corrected chi connectivity index (χ4v) is 2.05. The monoisotopic (exact) mass is 272 g/mol. The number of hydrogen-bond acceptors (Lipinski definition) is 2. The number of nitrogens with one attached hydrogen (secondary N) is 1. The second-order valence-electron chi connectivity index (χ2n) is 5.22. The van der Waals surface area contributed by atoms with Crippen molar-refractivity contribution in [3.63, 3.8) is 0 Å². The minimum absolute atomic E-state index is 0.193. The van der Waals surface area contributed by atoms with Crippen molar-refractivity contribution in [2.45, 2.75) is 19.5 Å². The van der Waals surface area contributed by atoms with Gasteiger partial charge in [0.05, 0.1) is 0 Å². The average Bonchev–Trinajstić information content (AvgIpc) is 2.46. The Hall–Kier alpha value is -1.87. The fourth-order valence-electron chi connectivity index (χ4n) is 2.05. The van der Waals surface area contributed by atoms with Crippen LogP contribution < -0.4 is 10.2 Å². The largest absolute Gasteiger partial charge is 0.378 e. The van der Waals surface area contributed by atoms with E-state index in [1.54, 1.807) is 0 Å². The van der Waals surface area contributed by atoms with Gasteiger partial charge in [-0.05, 0) is 42.3 Å². The molecule has 0 aromatic heterocycles. The molecule has 0 heterocycles. The highest BCUT2D eigenvalue weighted by molar-refractivity contribution is 5.46. The Morgan fingerprint density at radius 2 is 1.60 bits per heavy atom. The summed E-state index contributed by atoms with van der Waals surface area (Å²) in [6.07, 6.45) is 0. The summed E-state index contributed by atoms with van der Waals surface area (Å²) in [5.41, 5.74) is 3.53. The predicted molar refractivity (Wildman–Crippen MR) is 82.4 cm³/mol. The summed E-state index contributed by atoms with van der Waals surface area (Å²) in [5, 5.41) is 3.45. The summed E-state index contributed by atoms with van der Waals surface area (Å²) >= 11 is 0. The van der Waals surface area contributed by atoms with Gasteiger partial charge in [-0.15, -0.1) is 0 Å². The number of nitrogens with zero attached hydrogens (tertiary/aromatic N) is 1. The second-order valence-corrected chi connectivity index (χ2v) is 5.22. The molecule has 0 radical (unpaired) electrons. The highest BCUT2D eigenvalue weighted by Crippen LogP contribution is 2.18. The van der Waals surface area contributed by atoms with Crippen molar-refractivity contribution in [2.24, 2.45) is 0 Å². The van der Waals surface area contributed by atoms with Crippen molar-refractivity contribution in [1.82, 2.24) is 5.32 Å². The van der Waals surface area contributed by atoms with Crippen LogP contribution in [-0.4, -0.2) is 14.1 Å². The van der Waals surface area contributed by atoms with Gasteiger partial charge in [-0.3, -0.25) is 0 Å². The Morgan fingerprint density at radius 3 is 2.15 bits per heavy atom. The zero-order valence-electron chi connectivity index (χ0n) is 12.2. The molecule has 0 spiro atoms. The van der Waals surface area contributed by atoms with Crippen molar-refractivity contribution in [3.8, 4) is 0 Å². The van der Waals surface area contributed by atoms with E-state index in [1.807, 2.05) is 26.2 Å². The van der Waals surface area contributed by atoms with Gasteiger partial charge < -0.3 is 10.2 Å². The minimum Gasteiger partial charge on any atom is -0.378 e. The van der Waals surface area contributed by atoms with Gasteiger partial charge in [-0.1, -0.05) is 24.3 Å². The third-order valence-electron chi connectivity index (χ3n) is 3.44. The molecule has 106 valence electrons. The lowest BCUT2D eigenvalue weighted by Gasteiger charge is -2.17.